The second kappa shape index (κ2) is 5.27. The number of alkyl halides is 5. The summed E-state index contributed by atoms with van der Waals surface area (Å²) in [4.78, 5) is 21.2. The van der Waals surface area contributed by atoms with Crippen LogP contribution >= 0.6 is 0 Å². The summed E-state index contributed by atoms with van der Waals surface area (Å²) in [6.45, 7) is -0.603. The molecule has 1 rings (SSSR count). The molecular weight excluding hydrogens is 281 g/mol. The predicted molar refractivity (Wildman–Crippen MR) is 49.5 cm³/mol. The maximum atomic E-state index is 12.5. The highest BCUT2D eigenvalue weighted by molar-refractivity contribution is 5.84. The molecule has 0 spiro atoms. The fourth-order valence-electron chi connectivity index (χ4n) is 1.48. The van der Waals surface area contributed by atoms with Crippen LogP contribution in [0.3, 0.4) is 0 Å². The lowest BCUT2D eigenvalue weighted by molar-refractivity contribution is -0.269. The summed E-state index contributed by atoms with van der Waals surface area (Å²) >= 11 is 0. The molecule has 1 fully saturated rings. The van der Waals surface area contributed by atoms with Crippen LogP contribution in [0.15, 0.2) is 0 Å². The number of hydrogen-bond donors (Lipinski definition) is 2. The van der Waals surface area contributed by atoms with E-state index in [1.54, 1.807) is 0 Å². The molecule has 0 radical (unpaired) electrons. The van der Waals surface area contributed by atoms with Gasteiger partial charge in [0.05, 0.1) is 6.10 Å². The Hall–Kier alpha value is -1.45. The van der Waals surface area contributed by atoms with Crippen LogP contribution < -0.4 is 5.32 Å². The summed E-state index contributed by atoms with van der Waals surface area (Å²) in [5, 5.41) is 9.97. The van der Waals surface area contributed by atoms with Gasteiger partial charge in [-0.2, -0.15) is 22.0 Å². The SMILES string of the molecule is O=C(O)C1CCC(CNC(=O)C(F)(F)C(F)(F)F)O1. The van der Waals surface area contributed by atoms with E-state index in [9.17, 15) is 31.5 Å². The highest BCUT2D eigenvalue weighted by atomic mass is 19.4. The summed E-state index contributed by atoms with van der Waals surface area (Å²) in [6.07, 6.45) is -7.75. The number of carbonyl (C=O) groups is 2. The first-order valence-electron chi connectivity index (χ1n) is 5.17. The van der Waals surface area contributed by atoms with Gasteiger partial charge in [-0.15, -0.1) is 0 Å². The molecule has 5 nitrogen and oxygen atoms in total. The van der Waals surface area contributed by atoms with Crippen molar-refractivity contribution in [2.75, 3.05) is 6.54 Å². The summed E-state index contributed by atoms with van der Waals surface area (Å²) in [7, 11) is 0. The number of aliphatic carboxylic acids is 1. The topological polar surface area (TPSA) is 75.6 Å². The zero-order valence-corrected chi connectivity index (χ0v) is 9.34. The molecule has 1 heterocycles. The molecule has 1 aliphatic heterocycles. The van der Waals surface area contributed by atoms with Crippen LogP contribution in [0.4, 0.5) is 22.0 Å². The Morgan fingerprint density at radius 3 is 2.21 bits per heavy atom. The Kier molecular flexibility index (Phi) is 4.33. The van der Waals surface area contributed by atoms with Crippen molar-refractivity contribution >= 4 is 11.9 Å². The third-order valence-electron chi connectivity index (χ3n) is 2.51. The molecule has 1 saturated heterocycles. The maximum Gasteiger partial charge on any atom is 0.463 e. The molecule has 1 aliphatic rings. The number of nitrogens with one attached hydrogen (secondary N) is 1. The number of carboxylic acids is 1. The van der Waals surface area contributed by atoms with Crippen LogP contribution in [0.2, 0.25) is 0 Å². The third-order valence-corrected chi connectivity index (χ3v) is 2.51. The smallest absolute Gasteiger partial charge is 0.463 e. The Bertz CT molecular complexity index is 370. The lowest BCUT2D eigenvalue weighted by Crippen LogP contribution is -2.51. The van der Waals surface area contributed by atoms with Crippen LogP contribution in [0, 0.1) is 0 Å². The highest BCUT2D eigenvalue weighted by Gasteiger charge is 2.63. The van der Waals surface area contributed by atoms with E-state index in [1.165, 1.54) is 5.32 Å². The van der Waals surface area contributed by atoms with Crippen molar-refractivity contribution in [3.05, 3.63) is 0 Å². The zero-order chi connectivity index (χ0) is 14.8. The summed E-state index contributed by atoms with van der Waals surface area (Å²) in [5.74, 6) is -9.23. The van der Waals surface area contributed by atoms with E-state index in [1.807, 2.05) is 0 Å². The average Bonchev–Trinajstić information content (AvgIpc) is 2.72. The maximum absolute atomic E-state index is 12.5. The zero-order valence-electron chi connectivity index (χ0n) is 9.34. The van der Waals surface area contributed by atoms with Gasteiger partial charge in [-0.05, 0) is 12.8 Å². The largest absolute Gasteiger partial charge is 0.479 e. The molecule has 1 amide bonds. The molecule has 0 aromatic carbocycles. The Morgan fingerprint density at radius 2 is 1.79 bits per heavy atom. The molecule has 110 valence electrons. The molecule has 0 aliphatic carbocycles. The second-order valence-corrected chi connectivity index (χ2v) is 3.94. The van der Waals surface area contributed by atoms with Crippen LogP contribution in [-0.2, 0) is 14.3 Å². The molecule has 0 saturated carbocycles. The van der Waals surface area contributed by atoms with Gasteiger partial charge >= 0.3 is 18.1 Å². The molecule has 2 atom stereocenters. The Balaban J connectivity index is 2.46. The minimum Gasteiger partial charge on any atom is -0.479 e. The number of ether oxygens (including phenoxy) is 1. The molecular formula is C9H10F5NO4. The van der Waals surface area contributed by atoms with Gasteiger partial charge in [-0.25, -0.2) is 4.79 Å². The second-order valence-electron chi connectivity index (χ2n) is 3.94. The molecule has 2 N–H and O–H groups in total. The fraction of sp³-hybridized carbons (Fsp3) is 0.778. The standard InChI is InChI=1S/C9H10F5NO4/c10-8(11,9(12,13)14)7(18)15-3-4-1-2-5(19-4)6(16)17/h4-5H,1-3H2,(H,15,18)(H,16,17). The number of hydrogen-bond acceptors (Lipinski definition) is 3. The summed E-state index contributed by atoms with van der Waals surface area (Å²) in [6, 6.07) is 0. The minimum absolute atomic E-state index is 0.103. The number of rotatable bonds is 4. The van der Waals surface area contributed by atoms with E-state index in [0.717, 1.165) is 0 Å². The van der Waals surface area contributed by atoms with Gasteiger partial charge < -0.3 is 15.2 Å². The normalized spacial score (nSPS) is 24.3. The summed E-state index contributed by atoms with van der Waals surface area (Å²) < 4.78 is 65.4. The number of carbonyl (C=O) groups excluding carboxylic acids is 1. The molecule has 2 unspecified atom stereocenters. The lowest BCUT2D eigenvalue weighted by Gasteiger charge is -2.20. The average molecular weight is 291 g/mol. The van der Waals surface area contributed by atoms with E-state index in [2.05, 4.69) is 0 Å². The van der Waals surface area contributed by atoms with Gasteiger partial charge in [0, 0.05) is 6.54 Å². The summed E-state index contributed by atoms with van der Waals surface area (Å²) in [5.41, 5.74) is 0. The van der Waals surface area contributed by atoms with Crippen molar-refractivity contribution in [2.24, 2.45) is 0 Å². The fourth-order valence-corrected chi connectivity index (χ4v) is 1.48. The lowest BCUT2D eigenvalue weighted by atomic mass is 10.2. The van der Waals surface area contributed by atoms with Crippen molar-refractivity contribution in [1.29, 1.82) is 0 Å². The van der Waals surface area contributed by atoms with Crippen LogP contribution in [-0.4, -0.2) is 47.8 Å². The molecule has 10 heteroatoms. The number of halogens is 5. The van der Waals surface area contributed by atoms with E-state index >= 15 is 0 Å². The Morgan fingerprint density at radius 1 is 1.21 bits per heavy atom. The van der Waals surface area contributed by atoms with E-state index < -0.39 is 42.7 Å². The first-order valence-corrected chi connectivity index (χ1v) is 5.17. The monoisotopic (exact) mass is 291 g/mol. The molecule has 0 bridgehead atoms. The van der Waals surface area contributed by atoms with Crippen molar-refractivity contribution in [2.45, 2.75) is 37.1 Å². The van der Waals surface area contributed by atoms with Crippen LogP contribution in [0.1, 0.15) is 12.8 Å². The number of amides is 1. The van der Waals surface area contributed by atoms with Crippen molar-refractivity contribution in [3.63, 3.8) is 0 Å². The molecule has 0 aromatic rings. The molecule has 19 heavy (non-hydrogen) atoms. The number of carboxylic acid groups (broad SMARTS) is 1. The van der Waals surface area contributed by atoms with E-state index in [0.29, 0.717) is 0 Å². The van der Waals surface area contributed by atoms with Gasteiger partial charge in [0.15, 0.2) is 6.10 Å². The van der Waals surface area contributed by atoms with Gasteiger partial charge in [-0.1, -0.05) is 0 Å². The van der Waals surface area contributed by atoms with Gasteiger partial charge in [0.2, 0.25) is 0 Å². The highest BCUT2D eigenvalue weighted by Crippen LogP contribution is 2.35. The first-order chi connectivity index (χ1) is 8.55. The van der Waals surface area contributed by atoms with Gasteiger partial charge in [-0.3, -0.25) is 4.79 Å². The van der Waals surface area contributed by atoms with E-state index in [4.69, 9.17) is 9.84 Å². The van der Waals surface area contributed by atoms with E-state index in [-0.39, 0.29) is 12.8 Å². The van der Waals surface area contributed by atoms with Gasteiger partial charge in [0.25, 0.3) is 5.91 Å². The van der Waals surface area contributed by atoms with Crippen LogP contribution in [0.25, 0.3) is 0 Å². The van der Waals surface area contributed by atoms with Crippen molar-refractivity contribution < 1.29 is 41.4 Å². The first kappa shape index (κ1) is 15.6. The van der Waals surface area contributed by atoms with Crippen LogP contribution in [0.5, 0.6) is 0 Å². The van der Waals surface area contributed by atoms with Gasteiger partial charge in [0.1, 0.15) is 0 Å². The minimum atomic E-state index is -5.97. The van der Waals surface area contributed by atoms with Crippen molar-refractivity contribution in [3.8, 4) is 0 Å². The van der Waals surface area contributed by atoms with Crippen molar-refractivity contribution in [1.82, 2.24) is 5.32 Å². The molecule has 0 aromatic heterocycles. The predicted octanol–water partition coefficient (Wildman–Crippen LogP) is 0.932. The quantitative estimate of drug-likeness (QED) is 0.756. The third kappa shape index (κ3) is 3.52. The Labute approximate surface area is 103 Å².